The number of hydrogen-bond donors (Lipinski definition) is 1. The zero-order chi connectivity index (χ0) is 10.9. The van der Waals surface area contributed by atoms with Crippen LogP contribution in [-0.2, 0) is 6.42 Å². The van der Waals surface area contributed by atoms with Crippen LogP contribution in [0.4, 0.5) is 0 Å². The van der Waals surface area contributed by atoms with E-state index in [1.54, 1.807) is 0 Å². The van der Waals surface area contributed by atoms with E-state index in [0.717, 1.165) is 40.9 Å². The standard InChI is InChI=1S/C13H18N2S/c1-2-9-6-14-13(16)15(9)12-10-7-3-4-8(5-7)11(10)12/h6-8,10-12H,2-5H2,1H3,(H,14,16). The van der Waals surface area contributed by atoms with E-state index < -0.39 is 0 Å². The molecule has 0 radical (unpaired) electrons. The molecule has 0 aromatic carbocycles. The van der Waals surface area contributed by atoms with Gasteiger partial charge in [-0.3, -0.25) is 0 Å². The summed E-state index contributed by atoms with van der Waals surface area (Å²) >= 11 is 5.44. The lowest BCUT2D eigenvalue weighted by Crippen LogP contribution is -2.07. The molecule has 4 unspecified atom stereocenters. The van der Waals surface area contributed by atoms with Gasteiger partial charge in [-0.2, -0.15) is 0 Å². The first-order chi connectivity index (χ1) is 7.81. The van der Waals surface area contributed by atoms with Gasteiger partial charge < -0.3 is 9.55 Å². The minimum atomic E-state index is 0.764. The number of H-pyrrole nitrogens is 1. The number of aryl methyl sites for hydroxylation is 1. The van der Waals surface area contributed by atoms with Crippen molar-refractivity contribution in [3.63, 3.8) is 0 Å². The number of aromatic amines is 1. The van der Waals surface area contributed by atoms with E-state index in [9.17, 15) is 0 Å². The van der Waals surface area contributed by atoms with Crippen molar-refractivity contribution >= 4 is 12.2 Å². The van der Waals surface area contributed by atoms with Crippen molar-refractivity contribution in [1.82, 2.24) is 9.55 Å². The van der Waals surface area contributed by atoms with Crippen molar-refractivity contribution in [2.24, 2.45) is 23.7 Å². The Morgan fingerprint density at radius 1 is 1.38 bits per heavy atom. The summed E-state index contributed by atoms with van der Waals surface area (Å²) in [6, 6.07) is 0.764. The molecule has 1 aromatic rings. The molecule has 4 rings (SSSR count). The zero-order valence-electron chi connectivity index (χ0n) is 9.65. The lowest BCUT2D eigenvalue weighted by molar-refractivity contribution is 0.445. The van der Waals surface area contributed by atoms with Gasteiger partial charge in [0, 0.05) is 17.9 Å². The monoisotopic (exact) mass is 234 g/mol. The highest BCUT2D eigenvalue weighted by Gasteiger charge is 2.66. The fraction of sp³-hybridized carbons (Fsp3) is 0.769. The summed E-state index contributed by atoms with van der Waals surface area (Å²) in [5, 5.41) is 0. The Morgan fingerprint density at radius 2 is 2.06 bits per heavy atom. The Kier molecular flexibility index (Phi) is 1.78. The van der Waals surface area contributed by atoms with Gasteiger partial charge in [-0.05, 0) is 61.6 Å². The molecule has 2 bridgehead atoms. The number of fused-ring (bicyclic) bond motifs is 5. The minimum absolute atomic E-state index is 0.764. The number of nitrogens with zero attached hydrogens (tertiary/aromatic N) is 1. The normalized spacial score (nSPS) is 43.7. The second kappa shape index (κ2) is 3.00. The fourth-order valence-corrected chi connectivity index (χ4v) is 4.94. The van der Waals surface area contributed by atoms with Crippen molar-refractivity contribution < 1.29 is 0 Å². The van der Waals surface area contributed by atoms with Gasteiger partial charge in [0.05, 0.1) is 0 Å². The molecule has 86 valence electrons. The second-order valence-electron chi connectivity index (χ2n) is 5.79. The van der Waals surface area contributed by atoms with E-state index >= 15 is 0 Å². The summed E-state index contributed by atoms with van der Waals surface area (Å²) in [6.07, 6.45) is 7.70. The minimum Gasteiger partial charge on any atom is -0.337 e. The fourth-order valence-electron chi connectivity index (χ4n) is 4.64. The predicted molar refractivity (Wildman–Crippen MR) is 65.8 cm³/mol. The molecule has 16 heavy (non-hydrogen) atoms. The van der Waals surface area contributed by atoms with Crippen LogP contribution in [0.25, 0.3) is 0 Å². The highest BCUT2D eigenvalue weighted by Crippen LogP contribution is 2.71. The van der Waals surface area contributed by atoms with Crippen LogP contribution in [0.2, 0.25) is 0 Å². The Hall–Kier alpha value is -0.570. The molecule has 3 aliphatic rings. The molecule has 1 N–H and O–H groups in total. The number of hydrogen-bond acceptors (Lipinski definition) is 1. The zero-order valence-corrected chi connectivity index (χ0v) is 10.5. The molecule has 1 heterocycles. The van der Waals surface area contributed by atoms with Gasteiger partial charge in [-0.15, -0.1) is 0 Å². The van der Waals surface area contributed by atoms with Crippen molar-refractivity contribution in [3.05, 3.63) is 16.7 Å². The molecule has 0 spiro atoms. The average Bonchev–Trinajstić information content (AvgIpc) is 2.69. The van der Waals surface area contributed by atoms with E-state index in [-0.39, 0.29) is 0 Å². The van der Waals surface area contributed by atoms with Crippen LogP contribution in [0, 0.1) is 28.4 Å². The SMILES string of the molecule is CCc1c[nH]c(=S)n1C1C2C3CCC(C3)C21. The van der Waals surface area contributed by atoms with E-state index in [1.165, 1.54) is 25.0 Å². The van der Waals surface area contributed by atoms with E-state index in [2.05, 4.69) is 22.7 Å². The summed E-state index contributed by atoms with van der Waals surface area (Å²) in [6.45, 7) is 2.22. The van der Waals surface area contributed by atoms with Crippen LogP contribution >= 0.6 is 12.2 Å². The number of rotatable bonds is 2. The number of imidazole rings is 1. The molecule has 3 saturated carbocycles. The summed E-state index contributed by atoms with van der Waals surface area (Å²) in [4.78, 5) is 3.23. The maximum Gasteiger partial charge on any atom is 0.177 e. The van der Waals surface area contributed by atoms with Crippen LogP contribution in [0.3, 0.4) is 0 Å². The maximum atomic E-state index is 5.44. The first kappa shape index (κ1) is 9.46. The molecule has 4 atom stereocenters. The largest absolute Gasteiger partial charge is 0.337 e. The summed E-state index contributed by atoms with van der Waals surface area (Å²) in [5.74, 6) is 4.01. The van der Waals surface area contributed by atoms with Gasteiger partial charge in [-0.25, -0.2) is 0 Å². The van der Waals surface area contributed by atoms with Gasteiger partial charge in [0.15, 0.2) is 4.77 Å². The quantitative estimate of drug-likeness (QED) is 0.778. The Balaban J connectivity index is 1.73. The second-order valence-corrected chi connectivity index (χ2v) is 6.17. The third-order valence-electron chi connectivity index (χ3n) is 5.25. The van der Waals surface area contributed by atoms with Gasteiger partial charge in [0.1, 0.15) is 0 Å². The van der Waals surface area contributed by atoms with Crippen LogP contribution in [0.1, 0.15) is 37.9 Å². The Morgan fingerprint density at radius 3 is 2.69 bits per heavy atom. The average molecular weight is 234 g/mol. The Bertz CT molecular complexity index is 470. The van der Waals surface area contributed by atoms with Crippen molar-refractivity contribution in [2.45, 2.75) is 38.6 Å². The molecule has 1 aromatic heterocycles. The molecule has 2 nitrogen and oxygen atoms in total. The highest BCUT2D eigenvalue weighted by molar-refractivity contribution is 7.71. The molecule has 3 fully saturated rings. The Labute approximate surface area is 101 Å². The molecular formula is C13H18N2S. The first-order valence-electron chi connectivity index (χ1n) is 6.60. The molecule has 0 saturated heterocycles. The predicted octanol–water partition coefficient (Wildman–Crippen LogP) is 3.33. The van der Waals surface area contributed by atoms with Gasteiger partial charge >= 0.3 is 0 Å². The van der Waals surface area contributed by atoms with Crippen molar-refractivity contribution in [3.8, 4) is 0 Å². The van der Waals surface area contributed by atoms with Gasteiger partial charge in [0.25, 0.3) is 0 Å². The van der Waals surface area contributed by atoms with E-state index in [0.29, 0.717) is 0 Å². The van der Waals surface area contributed by atoms with Crippen molar-refractivity contribution in [2.75, 3.05) is 0 Å². The van der Waals surface area contributed by atoms with Crippen LogP contribution in [-0.4, -0.2) is 9.55 Å². The first-order valence-corrected chi connectivity index (χ1v) is 7.01. The van der Waals surface area contributed by atoms with Crippen LogP contribution in [0.15, 0.2) is 6.20 Å². The number of aromatic nitrogens is 2. The molecule has 0 amide bonds. The van der Waals surface area contributed by atoms with E-state index in [4.69, 9.17) is 12.2 Å². The molecule has 3 aliphatic carbocycles. The summed E-state index contributed by atoms with van der Waals surface area (Å²) < 4.78 is 3.39. The summed E-state index contributed by atoms with van der Waals surface area (Å²) in [7, 11) is 0. The third kappa shape index (κ3) is 1.01. The lowest BCUT2D eigenvalue weighted by atomic mass is 10.0. The number of nitrogens with one attached hydrogen (secondary N) is 1. The smallest absolute Gasteiger partial charge is 0.177 e. The third-order valence-corrected chi connectivity index (χ3v) is 5.56. The van der Waals surface area contributed by atoms with Crippen LogP contribution in [0.5, 0.6) is 0 Å². The van der Waals surface area contributed by atoms with Crippen molar-refractivity contribution in [1.29, 1.82) is 0 Å². The van der Waals surface area contributed by atoms with Crippen LogP contribution < -0.4 is 0 Å². The molecule has 3 heteroatoms. The van der Waals surface area contributed by atoms with E-state index in [1.807, 2.05) is 0 Å². The van der Waals surface area contributed by atoms with Gasteiger partial charge in [-0.1, -0.05) is 6.92 Å². The van der Waals surface area contributed by atoms with Gasteiger partial charge in [0.2, 0.25) is 0 Å². The molecular weight excluding hydrogens is 216 g/mol. The molecule has 0 aliphatic heterocycles. The lowest BCUT2D eigenvalue weighted by Gasteiger charge is -2.12. The summed E-state index contributed by atoms with van der Waals surface area (Å²) in [5.41, 5.74) is 1.41. The highest BCUT2D eigenvalue weighted by atomic mass is 32.1. The maximum absolute atomic E-state index is 5.44. The topological polar surface area (TPSA) is 20.7 Å².